The predicted octanol–water partition coefficient (Wildman–Crippen LogP) is -0.446. The number of primary amides is 2. The minimum atomic E-state index is -1.88. The van der Waals surface area contributed by atoms with Crippen LogP contribution in [-0.2, 0) is 64.0 Å². The van der Waals surface area contributed by atoms with E-state index in [9.17, 15) is 67.7 Å². The van der Waals surface area contributed by atoms with Gasteiger partial charge < -0.3 is 74.9 Å². The number of carboxylic acid groups (broad SMARTS) is 2. The van der Waals surface area contributed by atoms with Crippen molar-refractivity contribution in [2.24, 2.45) is 40.9 Å². The Hall–Kier alpha value is -7.29. The van der Waals surface area contributed by atoms with Gasteiger partial charge in [0.1, 0.15) is 48.3 Å². The smallest absolute Gasteiger partial charge is 0.326 e. The van der Waals surface area contributed by atoms with Crippen LogP contribution in [-0.4, -0.2) is 153 Å². The van der Waals surface area contributed by atoms with Gasteiger partial charge in [-0.2, -0.15) is 11.8 Å². The zero-order chi connectivity index (χ0) is 60.6. The van der Waals surface area contributed by atoms with E-state index in [4.69, 9.17) is 17.2 Å². The summed E-state index contributed by atoms with van der Waals surface area (Å²) in [6.45, 7) is 13.6. The summed E-state index contributed by atoms with van der Waals surface area (Å²) >= 11 is 1.29. The number of aromatic amines is 1. The zero-order valence-electron chi connectivity index (χ0n) is 47.1. The third-order valence-corrected chi connectivity index (χ3v) is 13.7. The number of aromatic nitrogens is 1. The molecule has 0 saturated carbocycles. The van der Waals surface area contributed by atoms with E-state index in [1.807, 2.05) is 24.3 Å². The summed E-state index contributed by atoms with van der Waals surface area (Å²) in [5.74, 6) is -13.2. The number of benzene rings is 1. The fraction of sp³-hybridized carbons (Fsp3) is 0.623. The first kappa shape index (κ1) is 68.8. The van der Waals surface area contributed by atoms with Crippen LogP contribution in [0.25, 0.3) is 10.9 Å². The molecule has 2 aromatic rings. The Kier molecular flexibility index (Phi) is 29.2. The third-order valence-electron chi connectivity index (χ3n) is 13.0. The molecule has 0 saturated heterocycles. The summed E-state index contributed by atoms with van der Waals surface area (Å²) < 4.78 is 0. The van der Waals surface area contributed by atoms with Gasteiger partial charge in [-0.15, -0.1) is 0 Å². The molecule has 0 spiro atoms. The van der Waals surface area contributed by atoms with Crippen LogP contribution in [0.3, 0.4) is 0 Å². The average molecular weight is 1150 g/mol. The third kappa shape index (κ3) is 23.6. The number of fused-ring (bicyclic) bond motifs is 1. The fourth-order valence-electron chi connectivity index (χ4n) is 8.39. The van der Waals surface area contributed by atoms with E-state index in [-0.39, 0.29) is 56.1 Å². The highest BCUT2D eigenvalue weighted by Crippen LogP contribution is 2.20. The Morgan fingerprint density at radius 1 is 0.562 bits per heavy atom. The molecule has 0 unspecified atom stereocenters. The Labute approximate surface area is 470 Å². The molecule has 0 aliphatic heterocycles. The maximum absolute atomic E-state index is 14.2. The number of carboxylic acids is 2. The molecule has 0 radical (unpaired) electrons. The lowest BCUT2D eigenvalue weighted by molar-refractivity contribution is -0.143. The van der Waals surface area contributed by atoms with Gasteiger partial charge in [-0.25, -0.2) is 4.79 Å². The van der Waals surface area contributed by atoms with E-state index in [0.717, 1.165) is 16.5 Å². The predicted molar refractivity (Wildman–Crippen MR) is 298 cm³/mol. The topological polar surface area (TPSA) is 435 Å². The highest BCUT2D eigenvalue weighted by Gasteiger charge is 2.37. The maximum Gasteiger partial charge on any atom is 0.326 e. The Balaban J connectivity index is 2.40. The average Bonchev–Trinajstić information content (AvgIpc) is 3.78. The summed E-state index contributed by atoms with van der Waals surface area (Å²) in [5.41, 5.74) is 18.7. The number of nitrogens with two attached hydrogens (primary N) is 3. The molecule has 10 atom stereocenters. The van der Waals surface area contributed by atoms with Crippen molar-refractivity contribution in [1.82, 2.24) is 47.5 Å². The van der Waals surface area contributed by atoms with Crippen molar-refractivity contribution in [3.8, 4) is 0 Å². The van der Waals surface area contributed by atoms with Crippen LogP contribution in [0, 0.1) is 23.7 Å². The fourth-order valence-corrected chi connectivity index (χ4v) is 8.86. The van der Waals surface area contributed by atoms with E-state index >= 15 is 0 Å². The molecule has 0 bridgehead atoms. The Bertz CT molecular complexity index is 2490. The molecule has 80 heavy (non-hydrogen) atoms. The van der Waals surface area contributed by atoms with Gasteiger partial charge in [0, 0.05) is 29.9 Å². The number of carbonyl (C=O) groups is 12. The van der Waals surface area contributed by atoms with Crippen LogP contribution in [0.1, 0.15) is 119 Å². The number of aliphatic carboxylic acids is 2. The van der Waals surface area contributed by atoms with Crippen LogP contribution < -0.4 is 59.7 Å². The van der Waals surface area contributed by atoms with Crippen molar-refractivity contribution in [3.05, 3.63) is 36.0 Å². The number of hydrogen-bond donors (Lipinski definition) is 14. The second-order valence-corrected chi connectivity index (χ2v) is 22.1. The summed E-state index contributed by atoms with van der Waals surface area (Å²) in [7, 11) is 0. The molecule has 27 heteroatoms. The number of rotatable bonds is 37. The molecular weight excluding hydrogens is 1060 g/mol. The molecule has 1 heterocycles. The van der Waals surface area contributed by atoms with Gasteiger partial charge in [0.2, 0.25) is 59.1 Å². The quantitative estimate of drug-likeness (QED) is 0.0408. The summed E-state index contributed by atoms with van der Waals surface area (Å²) in [6, 6.07) is -5.35. The molecule has 0 aliphatic rings. The number of para-hydroxylation sites is 1. The number of hydrogen-bond acceptors (Lipinski definition) is 14. The van der Waals surface area contributed by atoms with Crippen molar-refractivity contribution < 1.29 is 67.7 Å². The highest BCUT2D eigenvalue weighted by atomic mass is 32.2. The van der Waals surface area contributed by atoms with Gasteiger partial charge in [0.15, 0.2) is 0 Å². The monoisotopic (exact) mass is 1140 g/mol. The van der Waals surface area contributed by atoms with Crippen molar-refractivity contribution in [3.63, 3.8) is 0 Å². The van der Waals surface area contributed by atoms with Crippen molar-refractivity contribution in [2.45, 2.75) is 174 Å². The zero-order valence-corrected chi connectivity index (χ0v) is 47.9. The standard InChI is InChI=1S/C53H84N12O14S/c1-10-29(8)44(52(77)63-38(22-27(4)5)50(75)59-35(16-18-41(56)67)47(72)64-43(28(6)7)53(78)79)65-48(73)36(19-20-80-9)60-51(76)39(24-42(68)69)62-46(71)34(15-17-40(55)66)58-49(74)37(21-26(2)3)61-45(70)32(54)23-30-25-57-33-14-12-11-13-31(30)33/h11-14,25-29,32,34-39,43-44,57H,10,15-24,54H2,1-9H3,(H2,55,66)(H2,56,67)(H,58,74)(H,59,75)(H,60,76)(H,61,70)(H,62,71)(H,63,77)(H,64,72)(H,65,73)(H,68,69)(H,78,79)/t29-,32-,34-,35-,36-,37-,38-,39-,43-,44-/m0/s1. The molecule has 0 fully saturated rings. The molecule has 0 aliphatic carbocycles. The number of thioether (sulfide) groups is 1. The first-order chi connectivity index (χ1) is 37.5. The van der Waals surface area contributed by atoms with E-state index in [0.29, 0.717) is 6.42 Å². The lowest BCUT2D eigenvalue weighted by Gasteiger charge is -2.30. The molecule has 17 N–H and O–H groups in total. The number of H-pyrrole nitrogens is 1. The minimum Gasteiger partial charge on any atom is -0.481 e. The van der Waals surface area contributed by atoms with Gasteiger partial charge in [0.25, 0.3) is 0 Å². The van der Waals surface area contributed by atoms with Crippen molar-refractivity contribution in [2.75, 3.05) is 12.0 Å². The SMILES string of the molecule is CC[C@H](C)[C@H](NC(=O)[C@H](CCSC)NC(=O)[C@H](CC(=O)O)NC(=O)[C@H](CCC(N)=O)NC(=O)[C@H](CC(C)C)NC(=O)[C@@H](N)Cc1c[nH]c2ccccc12)C(=O)N[C@@H](CC(C)C)C(=O)N[C@@H](CCC(N)=O)C(=O)N[C@H](C(=O)O)C(C)C. The Morgan fingerprint density at radius 3 is 1.44 bits per heavy atom. The second kappa shape index (κ2) is 34.0. The number of amides is 10. The molecule has 2 rings (SSSR count). The summed E-state index contributed by atoms with van der Waals surface area (Å²) in [5, 5.41) is 40.6. The second-order valence-electron chi connectivity index (χ2n) is 21.1. The summed E-state index contributed by atoms with van der Waals surface area (Å²) in [4.78, 5) is 162. The number of carbonyl (C=O) groups excluding carboxylic acids is 10. The molecule has 26 nitrogen and oxygen atoms in total. The van der Waals surface area contributed by atoms with Crippen molar-refractivity contribution in [1.29, 1.82) is 0 Å². The summed E-state index contributed by atoms with van der Waals surface area (Å²) in [6.07, 6.45) is 1.34. The van der Waals surface area contributed by atoms with Gasteiger partial charge in [-0.05, 0) is 85.8 Å². The van der Waals surface area contributed by atoms with Gasteiger partial charge >= 0.3 is 11.9 Å². The number of nitrogens with one attached hydrogen (secondary N) is 9. The molecule has 446 valence electrons. The minimum absolute atomic E-state index is 0.0136. The van der Waals surface area contributed by atoms with E-state index in [1.165, 1.54) is 11.8 Å². The molecule has 1 aromatic carbocycles. The largest absolute Gasteiger partial charge is 0.481 e. The lowest BCUT2D eigenvalue weighted by atomic mass is 9.96. The van der Waals surface area contributed by atoms with E-state index in [2.05, 4.69) is 47.5 Å². The van der Waals surface area contributed by atoms with Crippen molar-refractivity contribution >= 4 is 93.7 Å². The first-order valence-electron chi connectivity index (χ1n) is 26.7. The van der Waals surface area contributed by atoms with Crippen LogP contribution in [0.4, 0.5) is 0 Å². The van der Waals surface area contributed by atoms with E-state index in [1.54, 1.807) is 67.8 Å². The molecular formula is C53H84N12O14S. The lowest BCUT2D eigenvalue weighted by Crippen LogP contribution is -2.61. The molecule has 1 aromatic heterocycles. The van der Waals surface area contributed by atoms with Gasteiger partial charge in [-0.1, -0.05) is 80.0 Å². The first-order valence-corrected chi connectivity index (χ1v) is 28.1. The van der Waals surface area contributed by atoms with Crippen LogP contribution in [0.5, 0.6) is 0 Å². The van der Waals surface area contributed by atoms with Gasteiger partial charge in [0.05, 0.1) is 12.5 Å². The molecule has 10 amide bonds. The highest BCUT2D eigenvalue weighted by molar-refractivity contribution is 7.98. The van der Waals surface area contributed by atoms with Crippen LogP contribution >= 0.6 is 11.8 Å². The van der Waals surface area contributed by atoms with Crippen LogP contribution in [0.2, 0.25) is 0 Å². The van der Waals surface area contributed by atoms with Gasteiger partial charge in [-0.3, -0.25) is 52.7 Å². The maximum atomic E-state index is 14.2. The Morgan fingerprint density at radius 2 is 0.988 bits per heavy atom. The normalized spacial score (nSPS) is 15.1. The van der Waals surface area contributed by atoms with E-state index < -0.39 is 156 Å². The van der Waals surface area contributed by atoms with Crippen LogP contribution in [0.15, 0.2) is 30.5 Å².